The molecule has 1 fully saturated rings. The van der Waals surface area contributed by atoms with E-state index in [1.54, 1.807) is 0 Å². The summed E-state index contributed by atoms with van der Waals surface area (Å²) in [6.07, 6.45) is 2.69. The minimum atomic E-state index is -0.341. The van der Waals surface area contributed by atoms with Gasteiger partial charge >= 0.3 is 6.09 Å². The number of carbonyl (C=O) groups is 1. The van der Waals surface area contributed by atoms with Crippen molar-refractivity contribution >= 4 is 6.09 Å². The Hall–Kier alpha value is -2.53. The lowest BCUT2D eigenvalue weighted by Crippen LogP contribution is -2.53. The van der Waals surface area contributed by atoms with Crippen molar-refractivity contribution in [2.24, 2.45) is 0 Å². The fourth-order valence-corrected chi connectivity index (χ4v) is 3.50. The molecule has 2 N–H and O–H groups in total. The summed E-state index contributed by atoms with van der Waals surface area (Å²) in [6, 6.07) is 18.5. The van der Waals surface area contributed by atoms with Crippen LogP contribution in [0.2, 0.25) is 0 Å². The zero-order valence-corrected chi connectivity index (χ0v) is 14.7. The number of alkyl carbamates (subject to hydrolysis) is 1. The van der Waals surface area contributed by atoms with Gasteiger partial charge < -0.3 is 20.1 Å². The van der Waals surface area contributed by atoms with Crippen LogP contribution in [0.5, 0.6) is 5.75 Å². The summed E-state index contributed by atoms with van der Waals surface area (Å²) in [6.45, 7) is 1.14. The van der Waals surface area contributed by atoms with Crippen LogP contribution in [0.25, 0.3) is 0 Å². The topological polar surface area (TPSA) is 59.6 Å². The first-order valence-corrected chi connectivity index (χ1v) is 9.21. The molecule has 0 saturated heterocycles. The average molecular weight is 352 g/mol. The Labute approximate surface area is 153 Å². The first-order chi connectivity index (χ1) is 12.8. The predicted molar refractivity (Wildman–Crippen MR) is 99.1 cm³/mol. The number of nitrogens with one attached hydrogen (secondary N) is 2. The zero-order valence-electron chi connectivity index (χ0n) is 14.7. The molecule has 5 nitrogen and oxygen atoms in total. The highest BCUT2D eigenvalue weighted by Crippen LogP contribution is 2.28. The second-order valence-corrected chi connectivity index (χ2v) is 7.03. The van der Waals surface area contributed by atoms with Crippen LogP contribution in [0, 0.1) is 0 Å². The first-order valence-electron chi connectivity index (χ1n) is 9.21. The smallest absolute Gasteiger partial charge is 0.407 e. The van der Waals surface area contributed by atoms with E-state index in [-0.39, 0.29) is 18.2 Å². The van der Waals surface area contributed by atoms with Crippen LogP contribution in [0.1, 0.15) is 24.0 Å². The molecular weight excluding hydrogens is 328 g/mol. The van der Waals surface area contributed by atoms with Crippen LogP contribution in [0.3, 0.4) is 0 Å². The second kappa shape index (κ2) is 7.79. The molecule has 4 rings (SSSR count). The number of benzene rings is 2. The Balaban J connectivity index is 1.10. The van der Waals surface area contributed by atoms with Gasteiger partial charge in [-0.15, -0.1) is 0 Å². The van der Waals surface area contributed by atoms with Gasteiger partial charge in [0.25, 0.3) is 0 Å². The highest BCUT2D eigenvalue weighted by atomic mass is 16.5. The van der Waals surface area contributed by atoms with Gasteiger partial charge in [-0.05, 0) is 30.0 Å². The number of hydrogen-bond donors (Lipinski definition) is 2. The van der Waals surface area contributed by atoms with Crippen molar-refractivity contribution in [1.29, 1.82) is 0 Å². The SMILES string of the molecule is O=C(NC1CC(NCC2Cc3ccccc3O2)C1)OCc1ccccc1. The lowest BCUT2D eigenvalue weighted by atomic mass is 9.87. The molecule has 2 aliphatic rings. The Morgan fingerprint density at radius 1 is 1.04 bits per heavy atom. The first kappa shape index (κ1) is 16.9. The fraction of sp³-hybridized carbons (Fsp3) is 0.381. The van der Waals surface area contributed by atoms with Crippen LogP contribution in [0.15, 0.2) is 54.6 Å². The number of ether oxygens (including phenoxy) is 2. The molecule has 1 atom stereocenters. The number of hydrogen-bond acceptors (Lipinski definition) is 4. The Kier molecular flexibility index (Phi) is 5.07. The van der Waals surface area contributed by atoms with Crippen LogP contribution >= 0.6 is 0 Å². The molecule has 0 bridgehead atoms. The summed E-state index contributed by atoms with van der Waals surface area (Å²) >= 11 is 0. The third-order valence-corrected chi connectivity index (χ3v) is 5.02. The molecule has 2 aromatic carbocycles. The molecule has 1 saturated carbocycles. The Morgan fingerprint density at radius 2 is 1.81 bits per heavy atom. The van der Waals surface area contributed by atoms with E-state index in [9.17, 15) is 4.79 Å². The van der Waals surface area contributed by atoms with Crippen LogP contribution in [-0.2, 0) is 17.8 Å². The van der Waals surface area contributed by atoms with Gasteiger partial charge in [-0.1, -0.05) is 48.5 Å². The van der Waals surface area contributed by atoms with Gasteiger partial charge in [0.1, 0.15) is 18.5 Å². The second-order valence-electron chi connectivity index (χ2n) is 7.03. The Bertz CT molecular complexity index is 719. The maximum absolute atomic E-state index is 11.8. The molecule has 1 unspecified atom stereocenters. The molecular formula is C21H24N2O3. The predicted octanol–water partition coefficient (Wildman–Crippen LogP) is 3.04. The van der Waals surface area contributed by atoms with Crippen molar-refractivity contribution < 1.29 is 14.3 Å². The summed E-state index contributed by atoms with van der Waals surface area (Å²) in [5, 5.41) is 6.47. The van der Waals surface area contributed by atoms with E-state index < -0.39 is 0 Å². The van der Waals surface area contributed by atoms with Crippen molar-refractivity contribution in [3.8, 4) is 5.75 Å². The minimum Gasteiger partial charge on any atom is -0.488 e. The maximum Gasteiger partial charge on any atom is 0.407 e. The molecule has 2 aromatic rings. The van der Waals surface area contributed by atoms with E-state index in [1.165, 1.54) is 5.56 Å². The van der Waals surface area contributed by atoms with E-state index in [0.717, 1.165) is 37.1 Å². The van der Waals surface area contributed by atoms with Gasteiger partial charge in [-0.25, -0.2) is 4.79 Å². The minimum absolute atomic E-state index is 0.192. The van der Waals surface area contributed by atoms with Gasteiger partial charge in [0.15, 0.2) is 0 Å². The Morgan fingerprint density at radius 3 is 2.62 bits per heavy atom. The van der Waals surface area contributed by atoms with Crippen LogP contribution in [-0.4, -0.2) is 30.8 Å². The van der Waals surface area contributed by atoms with Gasteiger partial charge in [0, 0.05) is 25.0 Å². The lowest BCUT2D eigenvalue weighted by molar-refractivity contribution is 0.123. The molecule has 1 aliphatic heterocycles. The van der Waals surface area contributed by atoms with Crippen molar-refractivity contribution in [2.75, 3.05) is 6.54 Å². The van der Waals surface area contributed by atoms with Gasteiger partial charge in [0.2, 0.25) is 0 Å². The normalized spacial score (nSPS) is 23.5. The number of amides is 1. The fourth-order valence-electron chi connectivity index (χ4n) is 3.50. The molecule has 0 aromatic heterocycles. The van der Waals surface area contributed by atoms with E-state index in [4.69, 9.17) is 9.47 Å². The van der Waals surface area contributed by atoms with E-state index in [1.807, 2.05) is 42.5 Å². The van der Waals surface area contributed by atoms with Gasteiger partial charge in [-0.2, -0.15) is 0 Å². The lowest BCUT2D eigenvalue weighted by Gasteiger charge is -2.36. The quantitative estimate of drug-likeness (QED) is 0.839. The highest BCUT2D eigenvalue weighted by molar-refractivity contribution is 5.67. The standard InChI is InChI=1S/C21H24N2O3/c24-21(25-14-15-6-2-1-3-7-15)23-18-11-17(12-18)22-13-19-10-16-8-4-5-9-20(16)26-19/h1-9,17-19,22H,10-14H2,(H,23,24). The highest BCUT2D eigenvalue weighted by Gasteiger charge is 2.32. The summed E-state index contributed by atoms with van der Waals surface area (Å²) in [5.41, 5.74) is 2.28. The monoisotopic (exact) mass is 352 g/mol. The number of rotatable bonds is 6. The van der Waals surface area contributed by atoms with E-state index in [0.29, 0.717) is 12.6 Å². The summed E-state index contributed by atoms with van der Waals surface area (Å²) < 4.78 is 11.2. The summed E-state index contributed by atoms with van der Waals surface area (Å²) in [5.74, 6) is 1.01. The van der Waals surface area contributed by atoms with E-state index >= 15 is 0 Å². The van der Waals surface area contributed by atoms with Crippen LogP contribution in [0.4, 0.5) is 4.79 Å². The van der Waals surface area contributed by atoms with Crippen molar-refractivity contribution in [3.63, 3.8) is 0 Å². The molecule has 26 heavy (non-hydrogen) atoms. The zero-order chi connectivity index (χ0) is 17.8. The maximum atomic E-state index is 11.8. The number of fused-ring (bicyclic) bond motifs is 1. The molecule has 1 aliphatic carbocycles. The molecule has 0 spiro atoms. The largest absolute Gasteiger partial charge is 0.488 e. The third-order valence-electron chi connectivity index (χ3n) is 5.02. The average Bonchev–Trinajstić information content (AvgIpc) is 3.05. The molecule has 5 heteroatoms. The number of para-hydroxylation sites is 1. The van der Waals surface area contributed by atoms with E-state index in [2.05, 4.69) is 22.8 Å². The molecule has 0 radical (unpaired) electrons. The number of carbonyl (C=O) groups excluding carboxylic acids is 1. The van der Waals surface area contributed by atoms with Crippen molar-refractivity contribution in [1.82, 2.24) is 10.6 Å². The van der Waals surface area contributed by atoms with Gasteiger partial charge in [0.05, 0.1) is 0 Å². The molecule has 1 heterocycles. The summed E-state index contributed by atoms with van der Waals surface area (Å²) in [7, 11) is 0. The van der Waals surface area contributed by atoms with Crippen molar-refractivity contribution in [2.45, 2.75) is 44.1 Å². The molecule has 1 amide bonds. The molecule has 136 valence electrons. The van der Waals surface area contributed by atoms with Crippen molar-refractivity contribution in [3.05, 3.63) is 65.7 Å². The summed E-state index contributed by atoms with van der Waals surface area (Å²) in [4.78, 5) is 11.8. The van der Waals surface area contributed by atoms with Crippen LogP contribution < -0.4 is 15.4 Å². The van der Waals surface area contributed by atoms with Gasteiger partial charge in [-0.3, -0.25) is 0 Å². The third kappa shape index (κ3) is 4.17.